The number of rotatable bonds is 42. The first-order valence-corrected chi connectivity index (χ1v) is 23.9. The molecule has 56 heavy (non-hydrogen) atoms. The molecule has 0 aromatic heterocycles. The maximum Gasteiger partial charge on any atom is 0.472 e. The van der Waals surface area contributed by atoms with Crippen molar-refractivity contribution < 1.29 is 32.8 Å². The van der Waals surface area contributed by atoms with Crippen molar-refractivity contribution in [1.82, 2.24) is 0 Å². The van der Waals surface area contributed by atoms with Gasteiger partial charge in [-0.25, -0.2) is 4.57 Å². The van der Waals surface area contributed by atoms with Gasteiger partial charge in [0.25, 0.3) is 0 Å². The first-order chi connectivity index (χ1) is 27.4. The number of phosphoric acid groups is 1. The Morgan fingerprint density at radius 3 is 1.46 bits per heavy atom. The van der Waals surface area contributed by atoms with Crippen LogP contribution in [0, 0.1) is 0 Å². The molecule has 0 aromatic rings. The van der Waals surface area contributed by atoms with Crippen LogP contribution in [0.15, 0.2) is 72.9 Å². The van der Waals surface area contributed by atoms with Gasteiger partial charge in [0.2, 0.25) is 0 Å². The lowest BCUT2D eigenvalue weighted by molar-refractivity contribution is -0.154. The van der Waals surface area contributed by atoms with E-state index in [0.29, 0.717) is 13.0 Å². The van der Waals surface area contributed by atoms with Crippen LogP contribution in [0.3, 0.4) is 0 Å². The predicted molar refractivity (Wildman–Crippen MR) is 238 cm³/mol. The highest BCUT2D eigenvalue weighted by Crippen LogP contribution is 2.43. The first kappa shape index (κ1) is 53.9. The summed E-state index contributed by atoms with van der Waals surface area (Å²) in [5, 5.41) is 0. The molecule has 9 heteroatoms. The molecule has 0 saturated heterocycles. The summed E-state index contributed by atoms with van der Waals surface area (Å²) >= 11 is 0. The second-order valence-electron chi connectivity index (χ2n) is 14.5. The van der Waals surface area contributed by atoms with E-state index in [1.165, 1.54) is 89.9 Å². The Labute approximate surface area is 344 Å². The van der Waals surface area contributed by atoms with Crippen molar-refractivity contribution in [2.75, 3.05) is 33.0 Å². The molecule has 2 atom stereocenters. The summed E-state index contributed by atoms with van der Waals surface area (Å²) in [6.07, 6.45) is 54.9. The molecule has 0 saturated carbocycles. The molecular weight excluding hydrogens is 721 g/mol. The van der Waals surface area contributed by atoms with Gasteiger partial charge in [0.05, 0.1) is 19.8 Å². The summed E-state index contributed by atoms with van der Waals surface area (Å²) in [5.41, 5.74) is 5.37. The number of nitrogens with two attached hydrogens (primary N) is 1. The predicted octanol–water partition coefficient (Wildman–Crippen LogP) is 13.5. The highest BCUT2D eigenvalue weighted by molar-refractivity contribution is 7.47. The Hall–Kier alpha value is -2.06. The highest BCUT2D eigenvalue weighted by Gasteiger charge is 2.25. The van der Waals surface area contributed by atoms with Gasteiger partial charge < -0.3 is 20.1 Å². The maximum atomic E-state index is 12.6. The molecule has 0 amide bonds. The van der Waals surface area contributed by atoms with Gasteiger partial charge >= 0.3 is 13.8 Å². The third-order valence-corrected chi connectivity index (χ3v) is 10.1. The van der Waals surface area contributed by atoms with E-state index in [2.05, 4.69) is 86.8 Å². The largest absolute Gasteiger partial charge is 0.472 e. The van der Waals surface area contributed by atoms with Gasteiger partial charge in [0.1, 0.15) is 6.10 Å². The van der Waals surface area contributed by atoms with Crippen molar-refractivity contribution in [3.05, 3.63) is 72.9 Å². The average molecular weight is 806 g/mol. The Morgan fingerprint density at radius 2 is 1.00 bits per heavy atom. The van der Waals surface area contributed by atoms with Crippen molar-refractivity contribution in [2.45, 2.75) is 187 Å². The fourth-order valence-corrected chi connectivity index (χ4v) is 6.65. The molecule has 2 unspecified atom stereocenters. The van der Waals surface area contributed by atoms with Crippen molar-refractivity contribution in [1.29, 1.82) is 0 Å². The molecule has 0 aliphatic heterocycles. The van der Waals surface area contributed by atoms with Gasteiger partial charge in [-0.1, -0.05) is 183 Å². The van der Waals surface area contributed by atoms with E-state index in [-0.39, 0.29) is 38.8 Å². The van der Waals surface area contributed by atoms with E-state index in [4.69, 9.17) is 24.3 Å². The van der Waals surface area contributed by atoms with E-state index in [1.807, 2.05) is 0 Å². The lowest BCUT2D eigenvalue weighted by Gasteiger charge is -2.20. The number of allylic oxidation sites excluding steroid dienone is 12. The normalized spacial score (nSPS) is 14.1. The van der Waals surface area contributed by atoms with Crippen LogP contribution >= 0.6 is 7.82 Å². The minimum Gasteiger partial charge on any atom is -0.457 e. The number of unbranched alkanes of at least 4 members (excludes halogenated alkanes) is 17. The second kappa shape index (κ2) is 44.1. The van der Waals surface area contributed by atoms with E-state index in [1.54, 1.807) is 0 Å². The minimum absolute atomic E-state index is 0.0906. The van der Waals surface area contributed by atoms with Gasteiger partial charge in [-0.2, -0.15) is 0 Å². The van der Waals surface area contributed by atoms with Gasteiger partial charge in [-0.3, -0.25) is 13.8 Å². The Balaban J connectivity index is 4.12. The molecule has 0 aliphatic carbocycles. The van der Waals surface area contributed by atoms with Crippen molar-refractivity contribution in [3.8, 4) is 0 Å². The number of hydrogen-bond acceptors (Lipinski definition) is 7. The van der Waals surface area contributed by atoms with Crippen molar-refractivity contribution in [3.63, 3.8) is 0 Å². The number of ether oxygens (including phenoxy) is 2. The van der Waals surface area contributed by atoms with Crippen LogP contribution < -0.4 is 5.73 Å². The summed E-state index contributed by atoms with van der Waals surface area (Å²) in [6, 6.07) is 0. The molecule has 0 spiro atoms. The molecule has 0 rings (SSSR count). The fourth-order valence-electron chi connectivity index (χ4n) is 5.88. The molecule has 0 aromatic carbocycles. The van der Waals surface area contributed by atoms with E-state index >= 15 is 0 Å². The molecule has 0 fully saturated rings. The minimum atomic E-state index is -4.29. The monoisotopic (exact) mass is 806 g/mol. The number of carbonyl (C=O) groups is 1. The number of hydrogen-bond donors (Lipinski definition) is 2. The third kappa shape index (κ3) is 43.1. The van der Waals surface area contributed by atoms with Gasteiger partial charge in [0, 0.05) is 19.6 Å². The first-order valence-electron chi connectivity index (χ1n) is 22.4. The van der Waals surface area contributed by atoms with E-state index in [9.17, 15) is 14.3 Å². The summed E-state index contributed by atoms with van der Waals surface area (Å²) in [4.78, 5) is 22.5. The lowest BCUT2D eigenvalue weighted by Crippen LogP contribution is -2.28. The van der Waals surface area contributed by atoms with Crippen LogP contribution in [0.5, 0.6) is 0 Å². The van der Waals surface area contributed by atoms with Gasteiger partial charge in [-0.15, -0.1) is 0 Å². The number of carbonyl (C=O) groups excluding carboxylic acids is 1. The summed E-state index contributed by atoms with van der Waals surface area (Å²) in [6.45, 7) is 4.75. The smallest absolute Gasteiger partial charge is 0.457 e. The molecule has 8 nitrogen and oxygen atoms in total. The molecular formula is C47H84NO7P. The number of phosphoric ester groups is 1. The van der Waals surface area contributed by atoms with Crippen LogP contribution in [0.25, 0.3) is 0 Å². The van der Waals surface area contributed by atoms with Gasteiger partial charge in [0.15, 0.2) is 0 Å². The van der Waals surface area contributed by atoms with Crippen LogP contribution in [-0.4, -0.2) is 49.9 Å². The topological polar surface area (TPSA) is 117 Å². The molecule has 0 radical (unpaired) electrons. The third-order valence-electron chi connectivity index (χ3n) is 9.14. The lowest BCUT2D eigenvalue weighted by atomic mass is 10.0. The molecule has 3 N–H and O–H groups in total. The SMILES string of the molecule is CC/C=C\C/C=C\C/C=C\C/C=C\C/C=C\C/C=C\CCCCC(=O)OC(COCCCCCCCCCCCCCCCCCC)COP(=O)(O)OCCN. The Morgan fingerprint density at radius 1 is 0.554 bits per heavy atom. The Bertz CT molecular complexity index is 1080. The highest BCUT2D eigenvalue weighted by atomic mass is 31.2. The standard InChI is InChI=1S/C47H84NO7P/c1-3-5-7-9-11-13-15-17-19-21-22-23-24-25-26-28-30-32-34-36-38-40-47(49)55-46(45-54-56(50,51)53-43-41-48)44-52-42-39-37-35-33-31-29-27-20-18-16-14-12-10-8-6-4-2/h5,7,11,13,17,19,22-23,25-26,30,32,46H,3-4,6,8-10,12,14-16,18,20-21,24,27-29,31,33-45,48H2,1-2H3,(H,50,51)/b7-5-,13-11-,19-17-,23-22-,26-25-,32-30-. The molecule has 0 heterocycles. The molecule has 0 bridgehead atoms. The van der Waals surface area contributed by atoms with E-state index in [0.717, 1.165) is 64.2 Å². The van der Waals surface area contributed by atoms with Gasteiger partial charge in [-0.05, 0) is 64.2 Å². The fraction of sp³-hybridized carbons (Fsp3) is 0.723. The zero-order valence-electron chi connectivity index (χ0n) is 35.8. The van der Waals surface area contributed by atoms with Crippen LogP contribution in [0.4, 0.5) is 0 Å². The Kier molecular flexibility index (Phi) is 42.4. The van der Waals surface area contributed by atoms with Crippen LogP contribution in [0.1, 0.15) is 181 Å². The zero-order chi connectivity index (χ0) is 40.9. The summed E-state index contributed by atoms with van der Waals surface area (Å²) in [5.74, 6) is -0.372. The second-order valence-corrected chi connectivity index (χ2v) is 16.0. The maximum absolute atomic E-state index is 12.6. The quantitative estimate of drug-likeness (QED) is 0.0271. The van der Waals surface area contributed by atoms with Crippen LogP contribution in [0.2, 0.25) is 0 Å². The number of esters is 1. The summed E-state index contributed by atoms with van der Waals surface area (Å²) in [7, 11) is -4.29. The zero-order valence-corrected chi connectivity index (χ0v) is 36.7. The van der Waals surface area contributed by atoms with Crippen LogP contribution in [-0.2, 0) is 27.9 Å². The molecule has 324 valence electrons. The molecule has 0 aliphatic rings. The van der Waals surface area contributed by atoms with Crippen molar-refractivity contribution in [2.24, 2.45) is 5.73 Å². The van der Waals surface area contributed by atoms with E-state index < -0.39 is 13.9 Å². The van der Waals surface area contributed by atoms with Crippen molar-refractivity contribution >= 4 is 13.8 Å². The summed E-state index contributed by atoms with van der Waals surface area (Å²) < 4.78 is 33.4. The average Bonchev–Trinajstić information content (AvgIpc) is 3.19.